The van der Waals surface area contributed by atoms with Crippen LogP contribution >= 0.6 is 11.6 Å². The van der Waals surface area contributed by atoms with E-state index >= 15 is 0 Å². The van der Waals surface area contributed by atoms with Crippen LogP contribution in [0.3, 0.4) is 0 Å². The summed E-state index contributed by atoms with van der Waals surface area (Å²) in [5, 5.41) is 5.02. The van der Waals surface area contributed by atoms with Gasteiger partial charge in [-0.15, -0.1) is 0 Å². The molecule has 0 spiro atoms. The van der Waals surface area contributed by atoms with Gasteiger partial charge >= 0.3 is 0 Å². The molecule has 1 N–H and O–H groups in total. The summed E-state index contributed by atoms with van der Waals surface area (Å²) < 4.78 is 1.89. The lowest BCUT2D eigenvalue weighted by molar-refractivity contribution is -0.134. The van der Waals surface area contributed by atoms with E-state index in [1.54, 1.807) is 12.4 Å². The SMILES string of the molecule is CC1CCC(C(=O)N2CCCC2)CN1c1ncc2[nH]c(C3(n4cc(Cl)cn4)CC3)nc2n1. The van der Waals surface area contributed by atoms with Gasteiger partial charge in [-0.1, -0.05) is 11.6 Å². The van der Waals surface area contributed by atoms with E-state index in [2.05, 4.69) is 26.9 Å². The van der Waals surface area contributed by atoms with Crippen LogP contribution in [0.4, 0.5) is 5.95 Å². The lowest BCUT2D eigenvalue weighted by Gasteiger charge is -2.38. The van der Waals surface area contributed by atoms with Gasteiger partial charge in [-0.2, -0.15) is 10.1 Å². The topological polar surface area (TPSA) is 95.8 Å². The number of hydrogen-bond acceptors (Lipinski definition) is 6. The molecule has 5 heterocycles. The van der Waals surface area contributed by atoms with Crippen LogP contribution in [0.1, 0.15) is 51.3 Å². The van der Waals surface area contributed by atoms with E-state index in [4.69, 9.17) is 21.6 Å². The molecule has 0 radical (unpaired) electrons. The third kappa shape index (κ3) is 3.25. The Balaban J connectivity index is 1.27. The van der Waals surface area contributed by atoms with E-state index in [0.717, 1.165) is 63.0 Å². The maximum absolute atomic E-state index is 13.0. The molecule has 3 aromatic rings. The minimum absolute atomic E-state index is 0.0117. The average Bonchev–Trinajstić information content (AvgIpc) is 3.18. The highest BCUT2D eigenvalue weighted by Crippen LogP contribution is 2.48. The predicted molar refractivity (Wildman–Crippen MR) is 121 cm³/mol. The normalized spacial score (nSPS) is 24.9. The van der Waals surface area contributed by atoms with Crippen LogP contribution in [-0.2, 0) is 10.3 Å². The number of imidazole rings is 1. The third-order valence-corrected chi connectivity index (χ3v) is 7.48. The van der Waals surface area contributed by atoms with Crippen molar-refractivity contribution >= 4 is 34.6 Å². The summed E-state index contributed by atoms with van der Waals surface area (Å²) in [4.78, 5) is 34.8. The van der Waals surface area contributed by atoms with Crippen LogP contribution in [0.5, 0.6) is 0 Å². The van der Waals surface area contributed by atoms with Crippen molar-refractivity contribution in [3.63, 3.8) is 0 Å². The number of fused-ring (bicyclic) bond motifs is 1. The first-order chi connectivity index (χ1) is 15.5. The molecule has 1 aliphatic carbocycles. The van der Waals surface area contributed by atoms with Crippen molar-refractivity contribution in [3.05, 3.63) is 29.4 Å². The van der Waals surface area contributed by atoms with Crippen LogP contribution in [-0.4, -0.2) is 66.2 Å². The van der Waals surface area contributed by atoms with E-state index in [-0.39, 0.29) is 23.4 Å². The first kappa shape index (κ1) is 20.0. The summed E-state index contributed by atoms with van der Waals surface area (Å²) in [6.07, 6.45) is 11.3. The number of carbonyl (C=O) groups excluding carboxylic acids is 1. The second-order valence-electron chi connectivity index (χ2n) is 9.44. The van der Waals surface area contributed by atoms with Gasteiger partial charge in [-0.3, -0.25) is 9.48 Å². The maximum Gasteiger partial charge on any atom is 0.227 e. The van der Waals surface area contributed by atoms with E-state index in [0.29, 0.717) is 23.2 Å². The number of nitrogens with one attached hydrogen (secondary N) is 1. The highest BCUT2D eigenvalue weighted by Gasteiger charge is 2.50. The van der Waals surface area contributed by atoms with Gasteiger partial charge in [0.05, 0.1) is 23.3 Å². The van der Waals surface area contributed by atoms with Crippen LogP contribution in [0.25, 0.3) is 11.2 Å². The second-order valence-corrected chi connectivity index (χ2v) is 9.87. The summed E-state index contributed by atoms with van der Waals surface area (Å²) in [5.74, 6) is 1.79. The predicted octanol–water partition coefficient (Wildman–Crippen LogP) is 2.97. The van der Waals surface area contributed by atoms with Crippen molar-refractivity contribution < 1.29 is 4.79 Å². The minimum atomic E-state index is -0.278. The molecule has 1 saturated carbocycles. The summed E-state index contributed by atoms with van der Waals surface area (Å²) in [6, 6.07) is 0.287. The number of aromatic amines is 1. The standard InChI is InChI=1S/C22H27ClN8O/c1-14-4-5-15(19(32)29-8-2-3-9-29)12-30(14)21-24-11-17-18(28-21)27-20(26-17)22(6-7-22)31-13-16(23)10-25-31/h10-11,13-15H,2-9,12H2,1H3,(H,24,26,27,28). The zero-order chi connectivity index (χ0) is 21.9. The molecule has 168 valence electrons. The number of piperidine rings is 1. The summed E-state index contributed by atoms with van der Waals surface area (Å²) >= 11 is 6.09. The maximum atomic E-state index is 13.0. The quantitative estimate of drug-likeness (QED) is 0.651. The molecule has 2 aliphatic heterocycles. The molecule has 10 heteroatoms. The fourth-order valence-corrected chi connectivity index (χ4v) is 5.30. The number of rotatable bonds is 4. The highest BCUT2D eigenvalue weighted by molar-refractivity contribution is 6.30. The smallest absolute Gasteiger partial charge is 0.227 e. The van der Waals surface area contributed by atoms with Crippen molar-refractivity contribution in [3.8, 4) is 0 Å². The highest BCUT2D eigenvalue weighted by atomic mass is 35.5. The molecular weight excluding hydrogens is 428 g/mol. The molecule has 2 unspecified atom stereocenters. The van der Waals surface area contributed by atoms with E-state index in [1.807, 2.05) is 15.8 Å². The number of carbonyl (C=O) groups is 1. The number of amides is 1. The molecule has 6 rings (SSSR count). The fourth-order valence-electron chi connectivity index (χ4n) is 5.17. The molecule has 9 nitrogen and oxygen atoms in total. The van der Waals surface area contributed by atoms with E-state index in [1.165, 1.54) is 0 Å². The average molecular weight is 455 g/mol. The first-order valence-electron chi connectivity index (χ1n) is 11.5. The van der Waals surface area contributed by atoms with Gasteiger partial charge in [-0.05, 0) is 45.4 Å². The lowest BCUT2D eigenvalue weighted by atomic mass is 9.92. The van der Waals surface area contributed by atoms with Crippen LogP contribution < -0.4 is 4.90 Å². The monoisotopic (exact) mass is 454 g/mol. The summed E-state index contributed by atoms with van der Waals surface area (Å²) in [5.41, 5.74) is 1.18. The molecule has 2 saturated heterocycles. The van der Waals surface area contributed by atoms with Crippen molar-refractivity contribution in [2.24, 2.45) is 5.92 Å². The fraction of sp³-hybridized carbons (Fsp3) is 0.591. The van der Waals surface area contributed by atoms with E-state index in [9.17, 15) is 4.79 Å². The largest absolute Gasteiger partial charge is 0.342 e. The van der Waals surface area contributed by atoms with Gasteiger partial charge < -0.3 is 14.8 Å². The zero-order valence-corrected chi connectivity index (χ0v) is 18.9. The van der Waals surface area contributed by atoms with Gasteiger partial charge in [0.2, 0.25) is 11.9 Å². The van der Waals surface area contributed by atoms with Gasteiger partial charge in [0, 0.05) is 31.9 Å². The van der Waals surface area contributed by atoms with Crippen LogP contribution in [0.2, 0.25) is 5.02 Å². The second kappa shape index (κ2) is 7.43. The number of likely N-dealkylation sites (tertiary alicyclic amines) is 1. The van der Waals surface area contributed by atoms with Crippen molar-refractivity contribution in [1.29, 1.82) is 0 Å². The van der Waals surface area contributed by atoms with Crippen LogP contribution in [0, 0.1) is 5.92 Å². The molecular formula is C22H27ClN8O. The molecule has 2 atom stereocenters. The number of anilines is 1. The molecule has 3 fully saturated rings. The molecule has 0 aromatic carbocycles. The number of aromatic nitrogens is 6. The molecule has 3 aromatic heterocycles. The molecule has 3 aliphatic rings. The molecule has 1 amide bonds. The number of hydrogen-bond donors (Lipinski definition) is 1. The Labute approximate surface area is 191 Å². The van der Waals surface area contributed by atoms with E-state index < -0.39 is 0 Å². The van der Waals surface area contributed by atoms with Gasteiger partial charge in [0.25, 0.3) is 0 Å². The zero-order valence-electron chi connectivity index (χ0n) is 18.2. The molecule has 32 heavy (non-hydrogen) atoms. The minimum Gasteiger partial charge on any atom is -0.342 e. The number of H-pyrrole nitrogens is 1. The number of halogens is 1. The lowest BCUT2D eigenvalue weighted by Crippen LogP contribution is -2.48. The Hall–Kier alpha value is -2.68. The Morgan fingerprint density at radius 3 is 2.72 bits per heavy atom. The first-order valence-corrected chi connectivity index (χ1v) is 11.9. The Morgan fingerprint density at radius 1 is 1.19 bits per heavy atom. The number of nitrogens with zero attached hydrogens (tertiary/aromatic N) is 7. The van der Waals surface area contributed by atoms with Gasteiger partial charge in [0.15, 0.2) is 5.65 Å². The van der Waals surface area contributed by atoms with Crippen LogP contribution in [0.15, 0.2) is 18.6 Å². The third-order valence-electron chi connectivity index (χ3n) is 7.29. The Morgan fingerprint density at radius 2 is 2.00 bits per heavy atom. The Bertz CT molecular complexity index is 1160. The molecule has 0 bridgehead atoms. The summed E-state index contributed by atoms with van der Waals surface area (Å²) in [7, 11) is 0. The Kier molecular flexibility index (Phi) is 4.64. The van der Waals surface area contributed by atoms with Crippen molar-refractivity contribution in [1.82, 2.24) is 34.6 Å². The summed E-state index contributed by atoms with van der Waals surface area (Å²) in [6.45, 7) is 4.63. The van der Waals surface area contributed by atoms with Crippen molar-refractivity contribution in [2.75, 3.05) is 24.5 Å². The van der Waals surface area contributed by atoms with Gasteiger partial charge in [-0.25, -0.2) is 9.97 Å². The van der Waals surface area contributed by atoms with Crippen molar-refractivity contribution in [2.45, 2.75) is 57.0 Å². The van der Waals surface area contributed by atoms with Gasteiger partial charge in [0.1, 0.15) is 16.9 Å².